The van der Waals surface area contributed by atoms with Crippen molar-refractivity contribution in [2.45, 2.75) is 46.2 Å². The summed E-state index contributed by atoms with van der Waals surface area (Å²) in [6, 6.07) is 10.5. The molecule has 0 saturated heterocycles. The molecular weight excluding hydrogens is 298 g/mol. The summed E-state index contributed by atoms with van der Waals surface area (Å²) in [4.78, 5) is 4.69. The predicted molar refractivity (Wildman–Crippen MR) is 100 cm³/mol. The smallest absolute Gasteiger partial charge is 0.191 e. The maximum Gasteiger partial charge on any atom is 0.191 e. The highest BCUT2D eigenvalue weighted by Gasteiger charge is 2.00. The Bertz CT molecular complexity index is 604. The Morgan fingerprint density at radius 1 is 1.12 bits per heavy atom. The fourth-order valence-electron chi connectivity index (χ4n) is 2.50. The molecular formula is C19H29N5. The number of rotatable bonds is 9. The van der Waals surface area contributed by atoms with E-state index in [1.54, 1.807) is 6.20 Å². The fourth-order valence-corrected chi connectivity index (χ4v) is 2.50. The molecule has 24 heavy (non-hydrogen) atoms. The fraction of sp³-hybridized carbons (Fsp3) is 0.474. The van der Waals surface area contributed by atoms with Crippen LogP contribution in [0.25, 0.3) is 0 Å². The van der Waals surface area contributed by atoms with Crippen LogP contribution in [0.3, 0.4) is 0 Å². The summed E-state index contributed by atoms with van der Waals surface area (Å²) in [6.07, 6.45) is 7.45. The van der Waals surface area contributed by atoms with Gasteiger partial charge in [0.25, 0.3) is 0 Å². The molecule has 0 aliphatic carbocycles. The Kier molecular flexibility index (Phi) is 7.87. The molecule has 0 amide bonds. The van der Waals surface area contributed by atoms with Gasteiger partial charge in [-0.2, -0.15) is 5.10 Å². The topological polar surface area (TPSA) is 54.2 Å². The largest absolute Gasteiger partial charge is 0.357 e. The van der Waals surface area contributed by atoms with Gasteiger partial charge in [0.15, 0.2) is 5.96 Å². The van der Waals surface area contributed by atoms with E-state index in [1.807, 2.05) is 16.9 Å². The lowest BCUT2D eigenvalue weighted by Gasteiger charge is -2.11. The lowest BCUT2D eigenvalue weighted by atomic mass is 10.1. The van der Waals surface area contributed by atoms with Crippen molar-refractivity contribution in [2.75, 3.05) is 13.1 Å². The van der Waals surface area contributed by atoms with Gasteiger partial charge in [-0.05, 0) is 30.5 Å². The lowest BCUT2D eigenvalue weighted by molar-refractivity contribution is 0.682. The van der Waals surface area contributed by atoms with Crippen LogP contribution in [0.2, 0.25) is 0 Å². The molecule has 0 fully saturated rings. The summed E-state index contributed by atoms with van der Waals surface area (Å²) in [5.74, 6) is 0.895. The molecule has 1 heterocycles. The van der Waals surface area contributed by atoms with E-state index in [4.69, 9.17) is 4.99 Å². The van der Waals surface area contributed by atoms with Gasteiger partial charge in [-0.3, -0.25) is 4.68 Å². The zero-order valence-corrected chi connectivity index (χ0v) is 14.8. The minimum Gasteiger partial charge on any atom is -0.357 e. The van der Waals surface area contributed by atoms with E-state index in [9.17, 15) is 0 Å². The molecule has 0 atom stereocenters. The van der Waals surface area contributed by atoms with Crippen LogP contribution in [0.4, 0.5) is 0 Å². The second kappa shape index (κ2) is 10.5. The number of hydrogen-bond donors (Lipinski definition) is 2. The number of guanidine groups is 1. The number of aromatic nitrogens is 2. The van der Waals surface area contributed by atoms with Gasteiger partial charge in [0.2, 0.25) is 0 Å². The summed E-state index contributed by atoms with van der Waals surface area (Å²) >= 11 is 0. The molecule has 0 unspecified atom stereocenters. The quantitative estimate of drug-likeness (QED) is 0.422. The number of hydrogen-bond acceptors (Lipinski definition) is 2. The molecule has 2 aromatic rings. The van der Waals surface area contributed by atoms with Gasteiger partial charge in [-0.25, -0.2) is 4.99 Å². The Balaban J connectivity index is 1.92. The monoisotopic (exact) mass is 327 g/mol. The van der Waals surface area contributed by atoms with E-state index >= 15 is 0 Å². The van der Waals surface area contributed by atoms with E-state index in [0.29, 0.717) is 6.54 Å². The third-order valence-corrected chi connectivity index (χ3v) is 3.73. The van der Waals surface area contributed by atoms with Crippen LogP contribution < -0.4 is 10.6 Å². The van der Waals surface area contributed by atoms with E-state index in [1.165, 1.54) is 30.4 Å². The molecule has 1 aromatic heterocycles. The number of aliphatic imine (C=N–C) groups is 1. The standard InChI is InChI=1S/C19H29N5/c1-3-5-6-11-21-19(20-4-2)22-15-17-9-7-10-18(14-17)16-24-13-8-12-23-24/h7-10,12-14H,3-6,11,15-16H2,1-2H3,(H2,20,21,22). The third-order valence-electron chi connectivity index (χ3n) is 3.73. The zero-order chi connectivity index (χ0) is 17.0. The molecule has 2 N–H and O–H groups in total. The number of nitrogens with zero attached hydrogens (tertiary/aromatic N) is 3. The van der Waals surface area contributed by atoms with Crippen molar-refractivity contribution in [3.63, 3.8) is 0 Å². The normalized spacial score (nSPS) is 11.5. The summed E-state index contributed by atoms with van der Waals surface area (Å²) in [6.45, 7) is 7.62. The van der Waals surface area contributed by atoms with Crippen molar-refractivity contribution in [2.24, 2.45) is 4.99 Å². The van der Waals surface area contributed by atoms with Gasteiger partial charge in [0.1, 0.15) is 0 Å². The molecule has 1 aromatic carbocycles. The van der Waals surface area contributed by atoms with Gasteiger partial charge < -0.3 is 10.6 Å². The van der Waals surface area contributed by atoms with E-state index in [-0.39, 0.29) is 0 Å². The van der Waals surface area contributed by atoms with Crippen molar-refractivity contribution in [3.8, 4) is 0 Å². The molecule has 130 valence electrons. The van der Waals surface area contributed by atoms with Crippen LogP contribution >= 0.6 is 0 Å². The molecule has 0 aliphatic heterocycles. The van der Waals surface area contributed by atoms with E-state index in [0.717, 1.165) is 25.6 Å². The number of nitrogens with one attached hydrogen (secondary N) is 2. The van der Waals surface area contributed by atoms with Crippen LogP contribution in [-0.2, 0) is 13.1 Å². The van der Waals surface area contributed by atoms with Gasteiger partial charge in [-0.1, -0.05) is 44.0 Å². The average Bonchev–Trinajstić information content (AvgIpc) is 3.10. The van der Waals surface area contributed by atoms with Crippen LogP contribution in [0, 0.1) is 0 Å². The first-order valence-electron chi connectivity index (χ1n) is 8.89. The van der Waals surface area contributed by atoms with Gasteiger partial charge >= 0.3 is 0 Å². The second-order valence-electron chi connectivity index (χ2n) is 5.85. The molecule has 2 rings (SSSR count). The van der Waals surface area contributed by atoms with Crippen LogP contribution in [0.15, 0.2) is 47.7 Å². The molecule has 5 heteroatoms. The highest BCUT2D eigenvalue weighted by molar-refractivity contribution is 5.79. The van der Waals surface area contributed by atoms with Crippen LogP contribution in [0.1, 0.15) is 44.2 Å². The molecule has 5 nitrogen and oxygen atoms in total. The maximum atomic E-state index is 4.69. The van der Waals surface area contributed by atoms with E-state index in [2.05, 4.69) is 53.8 Å². The van der Waals surface area contributed by atoms with Crippen molar-refractivity contribution in [3.05, 3.63) is 53.9 Å². The molecule has 0 bridgehead atoms. The average molecular weight is 327 g/mol. The Hall–Kier alpha value is -2.30. The van der Waals surface area contributed by atoms with Gasteiger partial charge in [0.05, 0.1) is 13.1 Å². The number of benzene rings is 1. The third kappa shape index (κ3) is 6.44. The highest BCUT2D eigenvalue weighted by atomic mass is 15.3. The lowest BCUT2D eigenvalue weighted by Crippen LogP contribution is -2.37. The molecule has 0 spiro atoms. The first-order chi connectivity index (χ1) is 11.8. The molecule has 0 aliphatic rings. The highest BCUT2D eigenvalue weighted by Crippen LogP contribution is 2.08. The molecule has 0 saturated carbocycles. The SMILES string of the molecule is CCCCCNC(=NCc1cccc(Cn2cccn2)c1)NCC. The van der Waals surface area contributed by atoms with Crippen molar-refractivity contribution in [1.82, 2.24) is 20.4 Å². The Morgan fingerprint density at radius 3 is 2.75 bits per heavy atom. The first kappa shape index (κ1) is 18.0. The predicted octanol–water partition coefficient (Wildman–Crippen LogP) is 3.18. The zero-order valence-electron chi connectivity index (χ0n) is 14.8. The summed E-state index contributed by atoms with van der Waals surface area (Å²) in [7, 11) is 0. The van der Waals surface area contributed by atoms with Crippen molar-refractivity contribution in [1.29, 1.82) is 0 Å². The summed E-state index contributed by atoms with van der Waals surface area (Å²) < 4.78 is 1.93. The van der Waals surface area contributed by atoms with Gasteiger partial charge in [-0.15, -0.1) is 0 Å². The summed E-state index contributed by atoms with van der Waals surface area (Å²) in [5, 5.41) is 11.0. The molecule has 0 radical (unpaired) electrons. The van der Waals surface area contributed by atoms with Crippen LogP contribution in [0.5, 0.6) is 0 Å². The maximum absolute atomic E-state index is 4.69. The van der Waals surface area contributed by atoms with Crippen molar-refractivity contribution >= 4 is 5.96 Å². The van der Waals surface area contributed by atoms with Crippen molar-refractivity contribution < 1.29 is 0 Å². The Morgan fingerprint density at radius 2 is 2.00 bits per heavy atom. The summed E-state index contributed by atoms with van der Waals surface area (Å²) in [5.41, 5.74) is 2.46. The minimum absolute atomic E-state index is 0.677. The first-order valence-corrected chi connectivity index (χ1v) is 8.89. The number of unbranched alkanes of at least 4 members (excludes halogenated alkanes) is 2. The van der Waals surface area contributed by atoms with E-state index < -0.39 is 0 Å². The second-order valence-corrected chi connectivity index (χ2v) is 5.85. The van der Waals surface area contributed by atoms with Crippen LogP contribution in [-0.4, -0.2) is 28.8 Å². The van der Waals surface area contributed by atoms with Gasteiger partial charge in [0, 0.05) is 25.5 Å². The minimum atomic E-state index is 0.677. The Labute approximate surface area is 145 Å².